The van der Waals surface area contributed by atoms with Gasteiger partial charge in [0.25, 0.3) is 0 Å². The van der Waals surface area contributed by atoms with E-state index in [4.69, 9.17) is 37.1 Å². The van der Waals surface area contributed by atoms with Gasteiger partial charge < -0.3 is 31.9 Å². The summed E-state index contributed by atoms with van der Waals surface area (Å²) in [5.74, 6) is 4.43. The third-order valence-electron chi connectivity index (χ3n) is 14.3. The fourth-order valence-electron chi connectivity index (χ4n) is 9.63. The van der Waals surface area contributed by atoms with Crippen LogP contribution in [-0.4, -0.2) is 121 Å². The van der Waals surface area contributed by atoms with Gasteiger partial charge in [-0.3, -0.25) is 24.1 Å². The van der Waals surface area contributed by atoms with Crippen LogP contribution in [0.1, 0.15) is 93.5 Å². The molecule has 11 heterocycles. The zero-order valence-corrected chi connectivity index (χ0v) is 41.5. The summed E-state index contributed by atoms with van der Waals surface area (Å²) in [6.07, 6.45) is 15.0. The zero-order chi connectivity index (χ0) is 48.2. The Kier molecular flexibility index (Phi) is 12.0. The molecule has 360 valence electrons. The Bertz CT molecular complexity index is 3010. The normalized spacial score (nSPS) is 19.6. The van der Waals surface area contributed by atoms with Crippen molar-refractivity contribution in [2.45, 2.75) is 95.5 Å². The highest BCUT2D eigenvalue weighted by atomic mass is 79.9. The van der Waals surface area contributed by atoms with Crippen molar-refractivity contribution in [3.8, 4) is 0 Å². The minimum Gasteiger partial charge on any atom is -0.355 e. The number of hydrogen-bond acceptors (Lipinski definition) is 17. The highest BCUT2D eigenvalue weighted by Crippen LogP contribution is 2.29. The Hall–Kier alpha value is -6.61. The molecule has 2 aromatic carbocycles. The molecule has 7 aromatic rings. The van der Waals surface area contributed by atoms with E-state index in [2.05, 4.69) is 86.3 Å². The summed E-state index contributed by atoms with van der Waals surface area (Å²) in [6.45, 7) is 13.7. The quantitative estimate of drug-likeness (QED) is 0.202. The van der Waals surface area contributed by atoms with Crippen LogP contribution in [0, 0.1) is 0 Å². The number of aromatic nitrogens is 10. The molecule has 20 heteroatoms. The zero-order valence-electron chi connectivity index (χ0n) is 39.9. The van der Waals surface area contributed by atoms with E-state index in [1.807, 2.05) is 76.3 Å². The smallest absolute Gasteiger partial charge is 0.162 e. The minimum atomic E-state index is -0.0700. The van der Waals surface area contributed by atoms with Gasteiger partial charge >= 0.3 is 0 Å². The molecule has 0 aliphatic carbocycles. The second-order valence-corrected chi connectivity index (χ2v) is 20.8. The van der Waals surface area contributed by atoms with E-state index < -0.39 is 0 Å². The number of imidazole rings is 2. The second kappa shape index (κ2) is 18.3. The molecular formula is C50H58BrN19. The van der Waals surface area contributed by atoms with Crippen LogP contribution >= 0.6 is 15.9 Å². The van der Waals surface area contributed by atoms with Crippen molar-refractivity contribution in [2.75, 3.05) is 54.0 Å². The van der Waals surface area contributed by atoms with Gasteiger partial charge in [-0.2, -0.15) is 0 Å². The number of benzene rings is 2. The van der Waals surface area contributed by atoms with Crippen LogP contribution in [-0.2, 0) is 19.6 Å². The van der Waals surface area contributed by atoms with E-state index in [1.165, 1.54) is 0 Å². The van der Waals surface area contributed by atoms with Crippen LogP contribution in [0.15, 0.2) is 94.8 Å². The summed E-state index contributed by atoms with van der Waals surface area (Å²) in [6, 6.07) is 16.1. The molecular weight excluding hydrogens is 947 g/mol. The van der Waals surface area contributed by atoms with Crippen molar-refractivity contribution in [3.05, 3.63) is 114 Å². The third-order valence-corrected chi connectivity index (χ3v) is 14.9. The Morgan fingerprint density at radius 3 is 1.20 bits per heavy atom. The highest BCUT2D eigenvalue weighted by molar-refractivity contribution is 9.18. The number of nitrogens with zero attached hydrogens (tertiary/aromatic N) is 16. The van der Waals surface area contributed by atoms with Gasteiger partial charge in [0.2, 0.25) is 0 Å². The summed E-state index contributed by atoms with van der Waals surface area (Å²) >= 11 is 3.39. The van der Waals surface area contributed by atoms with E-state index >= 15 is 0 Å². The monoisotopic (exact) mass is 1000 g/mol. The maximum atomic E-state index is 6.24. The van der Waals surface area contributed by atoms with Gasteiger partial charge in [-0.05, 0) is 99.5 Å². The summed E-state index contributed by atoms with van der Waals surface area (Å²) in [4.78, 5) is 57.5. The molecule has 3 saturated heterocycles. The summed E-state index contributed by atoms with van der Waals surface area (Å²) in [5.41, 5.74) is 27.8. The highest BCUT2D eigenvalue weighted by Gasteiger charge is 2.31. The van der Waals surface area contributed by atoms with E-state index in [1.54, 1.807) is 12.7 Å². The molecule has 6 aliphatic heterocycles. The molecule has 0 spiro atoms. The number of rotatable bonds is 3. The van der Waals surface area contributed by atoms with Crippen molar-refractivity contribution in [1.82, 2.24) is 49.0 Å². The Morgan fingerprint density at radius 1 is 0.457 bits per heavy atom. The molecule has 6 N–H and O–H groups in total. The van der Waals surface area contributed by atoms with Crippen molar-refractivity contribution in [2.24, 2.45) is 32.2 Å². The second-order valence-electron chi connectivity index (χ2n) is 20.1. The Balaban J connectivity index is 0.000000117. The number of piperidine rings is 3. The van der Waals surface area contributed by atoms with Gasteiger partial charge in [-0.15, -0.1) is 0 Å². The maximum absolute atomic E-state index is 6.24. The third kappa shape index (κ3) is 9.27. The van der Waals surface area contributed by atoms with Gasteiger partial charge in [-0.1, -0.05) is 24.3 Å². The van der Waals surface area contributed by atoms with Crippen molar-refractivity contribution >= 4 is 71.7 Å². The average Bonchev–Trinajstić information content (AvgIpc) is 4.22. The largest absolute Gasteiger partial charge is 0.355 e. The first kappa shape index (κ1) is 45.8. The molecule has 0 bridgehead atoms. The first-order valence-electron chi connectivity index (χ1n) is 24.1. The molecule has 6 aliphatic rings. The molecule has 3 fully saturated rings. The topological polar surface area (TPSA) is 238 Å². The predicted molar refractivity (Wildman–Crippen MR) is 278 cm³/mol. The number of anilines is 3. The average molecular weight is 1010 g/mol. The van der Waals surface area contributed by atoms with Gasteiger partial charge in [0.05, 0.1) is 77.4 Å². The fourth-order valence-corrected chi connectivity index (χ4v) is 10.1. The number of fused-ring (bicyclic) bond motifs is 5. The molecule has 13 rings (SSSR count). The Morgan fingerprint density at radius 2 is 0.800 bits per heavy atom. The number of nitrogens with two attached hydrogens (primary N) is 3. The fraction of sp³-hybridized carbons (Fsp3) is 0.420. The summed E-state index contributed by atoms with van der Waals surface area (Å²) in [5, 5.41) is 0. The van der Waals surface area contributed by atoms with Gasteiger partial charge in [0, 0.05) is 55.9 Å². The number of aliphatic imine (C=N–C) groups is 3. The van der Waals surface area contributed by atoms with E-state index in [-0.39, 0.29) is 16.6 Å². The van der Waals surface area contributed by atoms with Gasteiger partial charge in [0.15, 0.2) is 11.7 Å². The van der Waals surface area contributed by atoms with E-state index in [0.717, 1.165) is 168 Å². The van der Waals surface area contributed by atoms with Crippen LogP contribution in [0.2, 0.25) is 0 Å². The first-order chi connectivity index (χ1) is 33.8. The molecule has 0 atom stereocenters. The molecule has 0 saturated carbocycles. The van der Waals surface area contributed by atoms with Crippen LogP contribution in [0.5, 0.6) is 0 Å². The van der Waals surface area contributed by atoms with Crippen molar-refractivity contribution in [3.63, 3.8) is 0 Å². The molecule has 0 amide bonds. The van der Waals surface area contributed by atoms with Crippen molar-refractivity contribution < 1.29 is 0 Å². The number of para-hydroxylation sites is 4. The van der Waals surface area contributed by atoms with E-state index in [9.17, 15) is 0 Å². The maximum Gasteiger partial charge on any atom is 0.162 e. The first-order valence-corrected chi connectivity index (χ1v) is 24.9. The number of hydrogen-bond donors (Lipinski definition) is 3. The minimum absolute atomic E-state index is 0.0349. The summed E-state index contributed by atoms with van der Waals surface area (Å²) < 4.78 is 4.80. The lowest BCUT2D eigenvalue weighted by Gasteiger charge is -2.37. The van der Waals surface area contributed by atoms with Gasteiger partial charge in [0.1, 0.15) is 51.8 Å². The molecule has 70 heavy (non-hydrogen) atoms. The lowest BCUT2D eigenvalue weighted by Crippen LogP contribution is -2.48. The lowest BCUT2D eigenvalue weighted by atomic mass is 9.91. The van der Waals surface area contributed by atoms with Crippen LogP contribution in [0.3, 0.4) is 0 Å². The van der Waals surface area contributed by atoms with Crippen LogP contribution < -0.4 is 31.9 Å². The van der Waals surface area contributed by atoms with Crippen LogP contribution in [0.25, 0.3) is 22.1 Å². The van der Waals surface area contributed by atoms with Crippen molar-refractivity contribution in [1.29, 1.82) is 0 Å². The molecule has 5 aromatic heterocycles. The predicted octanol–water partition coefficient (Wildman–Crippen LogP) is 5.35. The SMILES string of the molecule is CC1(N)CCN(c2cnc3c(n2)CN=C3Br)CC1.CC1(N)CCN(c2cnc3c(n2)CN=C3n2cnc3ccccc32)CC1.CC1(N)CCN(c2cnc3c(n2)CN=C3n2cnc3ccccc32)CC1. The lowest BCUT2D eigenvalue weighted by molar-refractivity contribution is 0.362. The van der Waals surface area contributed by atoms with Gasteiger partial charge in [-0.25, -0.2) is 39.9 Å². The molecule has 0 radical (unpaired) electrons. The molecule has 0 unspecified atom stereocenters. The standard InChI is InChI=1S/2C19H21N7.C12H16BrN5/c2*1-19(20)6-8-25(9-7-19)16-11-21-17-14(24-16)10-22-18(17)26-12-23-13-4-2-3-5-15(13)26;1-12(14)2-4-18(5-3-12)9-7-15-10-8(17-9)6-16-11(10)13/h2*2-5,11-12H,6-10,20H2,1H3;7H,2-6,14H2,1H3. The Labute approximate surface area is 414 Å². The van der Waals surface area contributed by atoms with Crippen LogP contribution in [0.4, 0.5) is 17.5 Å². The van der Waals surface area contributed by atoms with E-state index in [0.29, 0.717) is 19.6 Å². The summed E-state index contributed by atoms with van der Waals surface area (Å²) in [7, 11) is 0. The molecule has 19 nitrogen and oxygen atoms in total. The number of halogens is 1.